The number of hydrogen-bond donors (Lipinski definition) is 2. The molecule has 0 aliphatic heterocycles. The minimum absolute atomic E-state index is 0. The highest BCUT2D eigenvalue weighted by atomic mass is 127. The fourth-order valence-corrected chi connectivity index (χ4v) is 1.50. The molecule has 0 aliphatic carbocycles. The molecule has 1 aromatic rings. The topological polar surface area (TPSA) is 50.4 Å². The fourth-order valence-electron chi connectivity index (χ4n) is 1.50. The molecular weight excluding hydrogens is 337 g/mol. The van der Waals surface area contributed by atoms with Gasteiger partial charge in [-0.3, -0.25) is 4.99 Å². The van der Waals surface area contributed by atoms with Crippen molar-refractivity contribution in [3.8, 4) is 0 Å². The number of nitrogens with zero attached hydrogens (tertiary/aromatic N) is 1. The minimum Gasteiger partial charge on any atom is -0.370 e. The minimum atomic E-state index is 0. The first kappa shape index (κ1) is 17.2. The Balaban J connectivity index is 0.00000289. The van der Waals surface area contributed by atoms with Gasteiger partial charge in [0.05, 0.1) is 0 Å². The summed E-state index contributed by atoms with van der Waals surface area (Å²) in [5, 5.41) is 3.12. The molecule has 0 spiro atoms. The molecule has 0 bridgehead atoms. The van der Waals surface area contributed by atoms with Gasteiger partial charge >= 0.3 is 0 Å². The van der Waals surface area contributed by atoms with Crippen molar-refractivity contribution in [1.29, 1.82) is 0 Å². The monoisotopic (exact) mass is 361 g/mol. The van der Waals surface area contributed by atoms with Crippen LogP contribution in [0.4, 0.5) is 5.69 Å². The standard InChI is InChI=1S/C14H23N3.HI/c1-4-12-6-5-7-13(10-12)17-14(15)16-9-8-11(2)3;/h5-7,10-11H,4,8-9H2,1-3H3,(H3,15,16,17);1H. The van der Waals surface area contributed by atoms with Crippen LogP contribution in [0.15, 0.2) is 29.3 Å². The van der Waals surface area contributed by atoms with Crippen LogP contribution in [0, 0.1) is 5.92 Å². The molecular formula is C14H24IN3. The van der Waals surface area contributed by atoms with Gasteiger partial charge in [-0.15, -0.1) is 24.0 Å². The number of aryl methyl sites for hydroxylation is 1. The summed E-state index contributed by atoms with van der Waals surface area (Å²) >= 11 is 0. The number of anilines is 1. The molecule has 0 unspecified atom stereocenters. The average Bonchev–Trinajstić information content (AvgIpc) is 2.28. The van der Waals surface area contributed by atoms with Crippen molar-refractivity contribution in [2.24, 2.45) is 16.6 Å². The molecule has 0 saturated heterocycles. The summed E-state index contributed by atoms with van der Waals surface area (Å²) in [6.07, 6.45) is 2.09. The molecule has 4 heteroatoms. The Morgan fingerprint density at radius 3 is 2.72 bits per heavy atom. The maximum absolute atomic E-state index is 5.82. The molecule has 1 aromatic carbocycles. The lowest BCUT2D eigenvalue weighted by Crippen LogP contribution is -2.23. The number of guanidine groups is 1. The van der Waals surface area contributed by atoms with E-state index in [-0.39, 0.29) is 24.0 Å². The Morgan fingerprint density at radius 2 is 2.11 bits per heavy atom. The molecule has 0 saturated carbocycles. The molecule has 0 amide bonds. The number of halogens is 1. The summed E-state index contributed by atoms with van der Waals surface area (Å²) in [6, 6.07) is 8.24. The van der Waals surface area contributed by atoms with Gasteiger partial charge in [0.25, 0.3) is 0 Å². The third-order valence-electron chi connectivity index (χ3n) is 2.60. The van der Waals surface area contributed by atoms with Crippen molar-refractivity contribution >= 4 is 35.6 Å². The van der Waals surface area contributed by atoms with Crippen molar-refractivity contribution in [3.05, 3.63) is 29.8 Å². The molecule has 0 aromatic heterocycles. The van der Waals surface area contributed by atoms with E-state index in [4.69, 9.17) is 5.73 Å². The fraction of sp³-hybridized carbons (Fsp3) is 0.500. The smallest absolute Gasteiger partial charge is 0.193 e. The normalized spacial score (nSPS) is 11.2. The van der Waals surface area contributed by atoms with E-state index in [1.165, 1.54) is 5.56 Å². The Morgan fingerprint density at radius 1 is 1.39 bits per heavy atom. The van der Waals surface area contributed by atoms with Crippen LogP contribution in [0.1, 0.15) is 32.8 Å². The SMILES string of the molecule is CCc1cccc(NC(N)=NCCC(C)C)c1.I. The van der Waals surface area contributed by atoms with E-state index in [1.807, 2.05) is 12.1 Å². The van der Waals surface area contributed by atoms with E-state index in [1.54, 1.807) is 0 Å². The number of nitrogens with one attached hydrogen (secondary N) is 1. The molecule has 0 fully saturated rings. The highest BCUT2D eigenvalue weighted by molar-refractivity contribution is 14.0. The van der Waals surface area contributed by atoms with Gasteiger partial charge in [-0.25, -0.2) is 0 Å². The van der Waals surface area contributed by atoms with Gasteiger partial charge < -0.3 is 11.1 Å². The van der Waals surface area contributed by atoms with E-state index < -0.39 is 0 Å². The number of rotatable bonds is 5. The van der Waals surface area contributed by atoms with Gasteiger partial charge in [0.1, 0.15) is 0 Å². The zero-order valence-corrected chi connectivity index (χ0v) is 13.8. The third kappa shape index (κ3) is 6.83. The lowest BCUT2D eigenvalue weighted by molar-refractivity contribution is 0.597. The van der Waals surface area contributed by atoms with Crippen molar-refractivity contribution in [3.63, 3.8) is 0 Å². The second kappa shape index (κ2) is 9.19. The summed E-state index contributed by atoms with van der Waals surface area (Å²) in [6.45, 7) is 7.29. The predicted octanol–water partition coefficient (Wildman–Crippen LogP) is 3.64. The van der Waals surface area contributed by atoms with E-state index in [2.05, 4.69) is 43.2 Å². The summed E-state index contributed by atoms with van der Waals surface area (Å²) in [4.78, 5) is 4.30. The lowest BCUT2D eigenvalue weighted by Gasteiger charge is -2.07. The van der Waals surface area contributed by atoms with Crippen molar-refractivity contribution < 1.29 is 0 Å². The maximum atomic E-state index is 5.82. The maximum Gasteiger partial charge on any atom is 0.193 e. The number of hydrogen-bond acceptors (Lipinski definition) is 1. The van der Waals surface area contributed by atoms with E-state index in [0.29, 0.717) is 11.9 Å². The summed E-state index contributed by atoms with van der Waals surface area (Å²) < 4.78 is 0. The van der Waals surface area contributed by atoms with Crippen LogP contribution in [0.2, 0.25) is 0 Å². The molecule has 3 nitrogen and oxygen atoms in total. The van der Waals surface area contributed by atoms with Crippen molar-refractivity contribution in [2.45, 2.75) is 33.6 Å². The van der Waals surface area contributed by atoms with Crippen molar-refractivity contribution in [2.75, 3.05) is 11.9 Å². The van der Waals surface area contributed by atoms with E-state index >= 15 is 0 Å². The zero-order valence-electron chi connectivity index (χ0n) is 11.4. The summed E-state index contributed by atoms with van der Waals surface area (Å²) in [7, 11) is 0. The van der Waals surface area contributed by atoms with E-state index in [9.17, 15) is 0 Å². The molecule has 3 N–H and O–H groups in total. The molecule has 102 valence electrons. The van der Waals surface area contributed by atoms with Crippen molar-refractivity contribution in [1.82, 2.24) is 0 Å². The lowest BCUT2D eigenvalue weighted by atomic mass is 10.1. The number of nitrogens with two attached hydrogens (primary N) is 1. The van der Waals surface area contributed by atoms with Crippen LogP contribution in [0.25, 0.3) is 0 Å². The van der Waals surface area contributed by atoms with Gasteiger partial charge in [0.15, 0.2) is 5.96 Å². The Bertz CT molecular complexity index is 375. The van der Waals surface area contributed by atoms with Crippen LogP contribution < -0.4 is 11.1 Å². The summed E-state index contributed by atoms with van der Waals surface area (Å²) in [5.41, 5.74) is 8.13. The van der Waals surface area contributed by atoms with Gasteiger partial charge in [0.2, 0.25) is 0 Å². The molecule has 0 atom stereocenters. The number of aliphatic imine (C=N–C) groups is 1. The van der Waals surface area contributed by atoms with E-state index in [0.717, 1.165) is 25.1 Å². The van der Waals surface area contributed by atoms with Gasteiger partial charge in [-0.1, -0.05) is 32.9 Å². The average molecular weight is 361 g/mol. The highest BCUT2D eigenvalue weighted by Crippen LogP contribution is 2.10. The molecule has 0 heterocycles. The van der Waals surface area contributed by atoms with Crippen LogP contribution in [0.3, 0.4) is 0 Å². The van der Waals surface area contributed by atoms with Gasteiger partial charge in [-0.2, -0.15) is 0 Å². The quantitative estimate of drug-likeness (QED) is 0.478. The van der Waals surface area contributed by atoms with Gasteiger partial charge in [0, 0.05) is 12.2 Å². The van der Waals surface area contributed by atoms with Gasteiger partial charge in [-0.05, 0) is 36.5 Å². The highest BCUT2D eigenvalue weighted by Gasteiger charge is 1.97. The van der Waals surface area contributed by atoms with Crippen LogP contribution in [-0.2, 0) is 6.42 Å². The van der Waals surface area contributed by atoms with Crippen LogP contribution in [0.5, 0.6) is 0 Å². The molecule has 18 heavy (non-hydrogen) atoms. The molecule has 0 radical (unpaired) electrons. The Kier molecular flexibility index (Phi) is 8.79. The Hall–Kier alpha value is -0.780. The zero-order chi connectivity index (χ0) is 12.7. The predicted molar refractivity (Wildman–Crippen MR) is 90.8 cm³/mol. The second-order valence-corrected chi connectivity index (χ2v) is 4.63. The third-order valence-corrected chi connectivity index (χ3v) is 2.60. The first-order valence-electron chi connectivity index (χ1n) is 6.27. The molecule has 0 aliphatic rings. The molecule has 1 rings (SSSR count). The first-order chi connectivity index (χ1) is 8.11. The van der Waals surface area contributed by atoms with Crippen LogP contribution >= 0.6 is 24.0 Å². The second-order valence-electron chi connectivity index (χ2n) is 4.63. The Labute approximate surface area is 127 Å². The first-order valence-corrected chi connectivity index (χ1v) is 6.27. The number of benzene rings is 1. The summed E-state index contributed by atoms with van der Waals surface area (Å²) in [5.74, 6) is 1.16. The largest absolute Gasteiger partial charge is 0.370 e. The van der Waals surface area contributed by atoms with Crippen LogP contribution in [-0.4, -0.2) is 12.5 Å².